The van der Waals surface area contributed by atoms with Crippen molar-refractivity contribution in [3.05, 3.63) is 0 Å². The number of nitrogens with zero attached hydrogens (tertiary/aromatic N) is 1. The lowest BCUT2D eigenvalue weighted by Gasteiger charge is -2.30. The quantitative estimate of drug-likeness (QED) is 0.746. The molecular formula is C12H23NO2S. The molecule has 1 amide bonds. The molecule has 0 aromatic rings. The lowest BCUT2D eigenvalue weighted by atomic mass is 10.1. The van der Waals surface area contributed by atoms with Gasteiger partial charge in [-0.05, 0) is 20.3 Å². The SMILES string of the molecule is COC(C)(C)C(=O)N1CCSC(C)(C)CC1. The van der Waals surface area contributed by atoms with E-state index in [1.807, 2.05) is 30.5 Å². The van der Waals surface area contributed by atoms with Crippen molar-refractivity contribution < 1.29 is 9.53 Å². The lowest BCUT2D eigenvalue weighted by molar-refractivity contribution is -0.150. The molecule has 0 aromatic heterocycles. The first-order valence-electron chi connectivity index (χ1n) is 5.77. The van der Waals surface area contributed by atoms with Gasteiger partial charge in [0, 0.05) is 30.7 Å². The van der Waals surface area contributed by atoms with Crippen LogP contribution in [0.5, 0.6) is 0 Å². The van der Waals surface area contributed by atoms with E-state index in [0.717, 1.165) is 25.3 Å². The highest BCUT2D eigenvalue weighted by Gasteiger charge is 2.34. The summed E-state index contributed by atoms with van der Waals surface area (Å²) in [5.41, 5.74) is -0.695. The van der Waals surface area contributed by atoms with E-state index in [1.165, 1.54) is 0 Å². The summed E-state index contributed by atoms with van der Waals surface area (Å²) in [4.78, 5) is 14.1. The Balaban J connectivity index is 2.65. The number of ether oxygens (including phenoxy) is 1. The Labute approximate surface area is 103 Å². The van der Waals surface area contributed by atoms with Crippen molar-refractivity contribution in [1.82, 2.24) is 4.90 Å². The number of rotatable bonds is 2. The van der Waals surface area contributed by atoms with Gasteiger partial charge in [-0.25, -0.2) is 0 Å². The average molecular weight is 245 g/mol. The Kier molecular flexibility index (Phi) is 4.29. The second kappa shape index (κ2) is 4.96. The Morgan fingerprint density at radius 2 is 2.00 bits per heavy atom. The van der Waals surface area contributed by atoms with Crippen LogP contribution in [-0.4, -0.2) is 47.1 Å². The minimum atomic E-state index is -0.695. The summed E-state index contributed by atoms with van der Waals surface area (Å²) in [6.45, 7) is 9.82. The molecule has 4 heteroatoms. The van der Waals surface area contributed by atoms with Crippen LogP contribution in [0.1, 0.15) is 34.1 Å². The molecule has 0 aliphatic carbocycles. The molecule has 3 nitrogen and oxygen atoms in total. The normalized spacial score (nSPS) is 21.7. The first kappa shape index (κ1) is 13.8. The van der Waals surface area contributed by atoms with Crippen LogP contribution in [0.3, 0.4) is 0 Å². The highest BCUT2D eigenvalue weighted by Crippen LogP contribution is 2.31. The van der Waals surface area contributed by atoms with Crippen LogP contribution in [0, 0.1) is 0 Å². The zero-order valence-corrected chi connectivity index (χ0v) is 11.8. The summed E-state index contributed by atoms with van der Waals surface area (Å²) in [5, 5.41) is 0. The van der Waals surface area contributed by atoms with E-state index in [-0.39, 0.29) is 10.7 Å². The van der Waals surface area contributed by atoms with Crippen LogP contribution in [0.4, 0.5) is 0 Å². The molecule has 94 valence electrons. The van der Waals surface area contributed by atoms with Gasteiger partial charge < -0.3 is 9.64 Å². The monoisotopic (exact) mass is 245 g/mol. The highest BCUT2D eigenvalue weighted by molar-refractivity contribution is 8.00. The zero-order chi connectivity index (χ0) is 12.4. The number of carbonyl (C=O) groups excluding carboxylic acids is 1. The lowest BCUT2D eigenvalue weighted by Crippen LogP contribution is -2.47. The van der Waals surface area contributed by atoms with Crippen molar-refractivity contribution in [1.29, 1.82) is 0 Å². The minimum absolute atomic E-state index is 0.105. The van der Waals surface area contributed by atoms with Crippen LogP contribution in [0.25, 0.3) is 0 Å². The first-order valence-corrected chi connectivity index (χ1v) is 6.75. The third-order valence-electron chi connectivity index (χ3n) is 3.15. The van der Waals surface area contributed by atoms with Gasteiger partial charge in [0.15, 0.2) is 0 Å². The van der Waals surface area contributed by atoms with Crippen LogP contribution >= 0.6 is 11.8 Å². The summed E-state index contributed by atoms with van der Waals surface area (Å²) in [5.74, 6) is 1.12. The van der Waals surface area contributed by atoms with Gasteiger partial charge in [0.05, 0.1) is 0 Å². The van der Waals surface area contributed by atoms with Gasteiger partial charge in [0.2, 0.25) is 0 Å². The van der Waals surface area contributed by atoms with Crippen molar-refractivity contribution in [3.8, 4) is 0 Å². The predicted octanol–water partition coefficient (Wildman–Crippen LogP) is 2.16. The van der Waals surface area contributed by atoms with E-state index in [9.17, 15) is 4.79 Å². The third-order valence-corrected chi connectivity index (χ3v) is 4.52. The molecule has 0 atom stereocenters. The fraction of sp³-hybridized carbons (Fsp3) is 0.917. The van der Waals surface area contributed by atoms with Crippen LogP contribution in [0.2, 0.25) is 0 Å². The van der Waals surface area contributed by atoms with Gasteiger partial charge >= 0.3 is 0 Å². The standard InChI is InChI=1S/C12H23NO2S/c1-11(2)6-7-13(8-9-16-11)10(14)12(3,4)15-5/h6-9H2,1-5H3. The number of hydrogen-bond acceptors (Lipinski definition) is 3. The molecule has 0 aromatic carbocycles. The number of carbonyl (C=O) groups is 1. The summed E-state index contributed by atoms with van der Waals surface area (Å²) < 4.78 is 5.53. The topological polar surface area (TPSA) is 29.5 Å². The molecule has 0 spiro atoms. The second-order valence-corrected chi connectivity index (χ2v) is 7.17. The molecule has 0 radical (unpaired) electrons. The second-order valence-electron chi connectivity index (χ2n) is 5.36. The smallest absolute Gasteiger partial charge is 0.254 e. The number of thioether (sulfide) groups is 1. The number of amides is 1. The Hall–Kier alpha value is -0.220. The molecule has 1 saturated heterocycles. The fourth-order valence-corrected chi connectivity index (χ4v) is 2.79. The van der Waals surface area contributed by atoms with Crippen molar-refractivity contribution >= 4 is 17.7 Å². The van der Waals surface area contributed by atoms with Crippen molar-refractivity contribution in [2.75, 3.05) is 26.0 Å². The van der Waals surface area contributed by atoms with Gasteiger partial charge in [-0.15, -0.1) is 0 Å². The third kappa shape index (κ3) is 3.39. The van der Waals surface area contributed by atoms with Crippen molar-refractivity contribution in [3.63, 3.8) is 0 Å². The largest absolute Gasteiger partial charge is 0.369 e. The summed E-state index contributed by atoms with van der Waals surface area (Å²) in [7, 11) is 1.59. The molecule has 1 aliphatic heterocycles. The van der Waals surface area contributed by atoms with Gasteiger partial charge in [0.1, 0.15) is 5.60 Å². The van der Waals surface area contributed by atoms with Crippen LogP contribution in [0.15, 0.2) is 0 Å². The fourth-order valence-electron chi connectivity index (χ4n) is 1.69. The molecule has 0 bridgehead atoms. The minimum Gasteiger partial charge on any atom is -0.369 e. The maximum absolute atomic E-state index is 12.2. The van der Waals surface area contributed by atoms with Gasteiger partial charge in [0.25, 0.3) is 5.91 Å². The molecule has 0 unspecified atom stereocenters. The predicted molar refractivity (Wildman–Crippen MR) is 68.8 cm³/mol. The molecule has 1 rings (SSSR count). The average Bonchev–Trinajstić information content (AvgIpc) is 2.38. The van der Waals surface area contributed by atoms with E-state index < -0.39 is 5.60 Å². The number of methoxy groups -OCH3 is 1. The molecule has 1 aliphatic rings. The van der Waals surface area contributed by atoms with Crippen molar-refractivity contribution in [2.45, 2.75) is 44.5 Å². The first-order chi connectivity index (χ1) is 7.28. The number of hydrogen-bond donors (Lipinski definition) is 0. The van der Waals surface area contributed by atoms with E-state index in [2.05, 4.69) is 13.8 Å². The van der Waals surface area contributed by atoms with E-state index in [1.54, 1.807) is 7.11 Å². The van der Waals surface area contributed by atoms with Gasteiger partial charge in [-0.3, -0.25) is 4.79 Å². The van der Waals surface area contributed by atoms with Crippen molar-refractivity contribution in [2.24, 2.45) is 0 Å². The Bertz CT molecular complexity index is 264. The van der Waals surface area contributed by atoms with E-state index in [0.29, 0.717) is 0 Å². The van der Waals surface area contributed by atoms with Gasteiger partial charge in [-0.2, -0.15) is 11.8 Å². The van der Waals surface area contributed by atoms with Crippen LogP contribution < -0.4 is 0 Å². The molecular weight excluding hydrogens is 222 g/mol. The Morgan fingerprint density at radius 1 is 1.38 bits per heavy atom. The van der Waals surface area contributed by atoms with E-state index >= 15 is 0 Å². The summed E-state index contributed by atoms with van der Waals surface area (Å²) in [6.07, 6.45) is 1.04. The molecule has 0 N–H and O–H groups in total. The zero-order valence-electron chi connectivity index (χ0n) is 11.0. The summed E-state index contributed by atoms with van der Waals surface area (Å²) in [6, 6.07) is 0. The van der Waals surface area contributed by atoms with Gasteiger partial charge in [-0.1, -0.05) is 13.8 Å². The summed E-state index contributed by atoms with van der Waals surface area (Å²) >= 11 is 1.95. The van der Waals surface area contributed by atoms with Crippen LogP contribution in [-0.2, 0) is 9.53 Å². The molecule has 16 heavy (non-hydrogen) atoms. The maximum atomic E-state index is 12.2. The maximum Gasteiger partial charge on any atom is 0.254 e. The molecule has 1 heterocycles. The molecule has 1 fully saturated rings. The van der Waals surface area contributed by atoms with E-state index in [4.69, 9.17) is 4.74 Å². The Morgan fingerprint density at radius 3 is 2.56 bits per heavy atom. The highest BCUT2D eigenvalue weighted by atomic mass is 32.2. The molecule has 0 saturated carbocycles.